The van der Waals surface area contributed by atoms with Gasteiger partial charge in [-0.15, -0.1) is 0 Å². The van der Waals surface area contributed by atoms with Crippen molar-refractivity contribution in [3.63, 3.8) is 0 Å². The maximum atomic E-state index is 14.3. The molecule has 0 radical (unpaired) electrons. The molecule has 0 unspecified atom stereocenters. The zero-order valence-electron chi connectivity index (χ0n) is 14.4. The molecule has 1 aliphatic heterocycles. The lowest BCUT2D eigenvalue weighted by atomic mass is 9.87. The molecule has 0 saturated heterocycles. The highest BCUT2D eigenvalue weighted by molar-refractivity contribution is 5.90. The first-order valence-corrected chi connectivity index (χ1v) is 8.14. The minimum Gasteiger partial charge on any atom is -0.370 e. The molecule has 0 bridgehead atoms. The van der Waals surface area contributed by atoms with Crippen LogP contribution in [0.15, 0.2) is 35.3 Å². The van der Waals surface area contributed by atoms with Crippen LogP contribution < -0.4 is 11.5 Å². The minimum atomic E-state index is -4.65. The molecule has 0 saturated carbocycles. The van der Waals surface area contributed by atoms with Crippen molar-refractivity contribution in [1.29, 1.82) is 0 Å². The van der Waals surface area contributed by atoms with Gasteiger partial charge >= 0.3 is 12.2 Å². The Balaban J connectivity index is 2.19. The van der Waals surface area contributed by atoms with Crippen LogP contribution in [0.5, 0.6) is 0 Å². The number of alkyl halides is 3. The number of fused-ring (bicyclic) bond motifs is 1. The summed E-state index contributed by atoms with van der Waals surface area (Å²) < 4.78 is 68.8. The summed E-state index contributed by atoms with van der Waals surface area (Å²) >= 11 is 0. The fourth-order valence-corrected chi connectivity index (χ4v) is 3.28. The standard InChI is InChI=1S/C18H15F5N4O/c19-13-2-1-3-14(20)15(13)10-4-5-12(18(21,22)23)9-6-7-27(8-11(9)10)17(28)26-16(24)25/h1-5H,6-8H2,(H4,24,25,26,28). The van der Waals surface area contributed by atoms with Gasteiger partial charge in [0.2, 0.25) is 0 Å². The van der Waals surface area contributed by atoms with Gasteiger partial charge in [0, 0.05) is 13.1 Å². The van der Waals surface area contributed by atoms with E-state index in [1.54, 1.807) is 0 Å². The fourth-order valence-electron chi connectivity index (χ4n) is 3.28. The van der Waals surface area contributed by atoms with Gasteiger partial charge in [-0.2, -0.15) is 18.2 Å². The van der Waals surface area contributed by atoms with E-state index in [4.69, 9.17) is 11.5 Å². The zero-order valence-corrected chi connectivity index (χ0v) is 14.4. The van der Waals surface area contributed by atoms with Gasteiger partial charge in [-0.25, -0.2) is 13.6 Å². The third kappa shape index (κ3) is 3.62. The Morgan fingerprint density at radius 2 is 1.68 bits per heavy atom. The number of halogens is 5. The first-order chi connectivity index (χ1) is 13.1. The van der Waals surface area contributed by atoms with E-state index in [0.29, 0.717) is 0 Å². The van der Waals surface area contributed by atoms with E-state index in [1.165, 1.54) is 0 Å². The molecule has 2 aromatic rings. The molecule has 0 aliphatic carbocycles. The molecule has 0 aromatic heterocycles. The normalized spacial score (nSPS) is 13.8. The van der Waals surface area contributed by atoms with Crippen LogP contribution in [0.1, 0.15) is 16.7 Å². The van der Waals surface area contributed by atoms with Gasteiger partial charge in [-0.1, -0.05) is 12.1 Å². The van der Waals surface area contributed by atoms with Crippen molar-refractivity contribution in [2.75, 3.05) is 6.54 Å². The third-order valence-electron chi connectivity index (χ3n) is 4.44. The third-order valence-corrected chi connectivity index (χ3v) is 4.44. The quantitative estimate of drug-likeness (QED) is 0.439. The van der Waals surface area contributed by atoms with Gasteiger partial charge in [0.15, 0.2) is 5.96 Å². The molecular weight excluding hydrogens is 383 g/mol. The maximum absolute atomic E-state index is 14.3. The monoisotopic (exact) mass is 398 g/mol. The average Bonchev–Trinajstić information content (AvgIpc) is 2.59. The highest BCUT2D eigenvalue weighted by Crippen LogP contribution is 2.41. The zero-order chi connectivity index (χ0) is 20.6. The molecule has 0 fully saturated rings. The lowest BCUT2D eigenvalue weighted by Gasteiger charge is -2.31. The van der Waals surface area contributed by atoms with Crippen LogP contribution in [0, 0.1) is 11.6 Å². The van der Waals surface area contributed by atoms with Crippen molar-refractivity contribution in [1.82, 2.24) is 4.90 Å². The summed E-state index contributed by atoms with van der Waals surface area (Å²) in [5.41, 5.74) is 8.82. The first-order valence-electron chi connectivity index (χ1n) is 8.14. The molecule has 0 atom stereocenters. The molecule has 1 aliphatic rings. The lowest BCUT2D eigenvalue weighted by molar-refractivity contribution is -0.138. The molecule has 10 heteroatoms. The molecule has 0 spiro atoms. The Bertz CT molecular complexity index is 947. The highest BCUT2D eigenvalue weighted by atomic mass is 19.4. The Morgan fingerprint density at radius 1 is 1.04 bits per heavy atom. The van der Waals surface area contributed by atoms with Gasteiger partial charge in [0.25, 0.3) is 0 Å². The number of guanidine groups is 1. The summed E-state index contributed by atoms with van der Waals surface area (Å²) in [4.78, 5) is 16.6. The van der Waals surface area contributed by atoms with Crippen LogP contribution >= 0.6 is 0 Å². The Morgan fingerprint density at radius 3 is 2.25 bits per heavy atom. The number of hydrogen-bond acceptors (Lipinski definition) is 1. The van der Waals surface area contributed by atoms with Crippen LogP contribution in [-0.2, 0) is 19.1 Å². The van der Waals surface area contributed by atoms with Gasteiger partial charge in [-0.05, 0) is 41.3 Å². The van der Waals surface area contributed by atoms with E-state index in [1.807, 2.05) is 0 Å². The van der Waals surface area contributed by atoms with E-state index in [-0.39, 0.29) is 36.2 Å². The topological polar surface area (TPSA) is 84.7 Å². The van der Waals surface area contributed by atoms with E-state index in [0.717, 1.165) is 35.2 Å². The predicted octanol–water partition coefficient (Wildman–Crippen LogP) is 3.40. The molecule has 2 amide bonds. The van der Waals surface area contributed by atoms with Crippen molar-refractivity contribution in [2.45, 2.75) is 19.1 Å². The van der Waals surface area contributed by atoms with Gasteiger partial charge in [0.05, 0.1) is 11.1 Å². The first kappa shape index (κ1) is 19.6. The van der Waals surface area contributed by atoms with Crippen molar-refractivity contribution < 1.29 is 26.7 Å². The molecule has 4 N–H and O–H groups in total. The summed E-state index contributed by atoms with van der Waals surface area (Å²) in [6, 6.07) is 4.13. The Hall–Kier alpha value is -3.17. The number of aliphatic imine (C=N–C) groups is 1. The van der Waals surface area contributed by atoms with Crippen molar-refractivity contribution in [3.8, 4) is 11.1 Å². The average molecular weight is 398 g/mol. The number of nitrogens with two attached hydrogens (primary N) is 2. The largest absolute Gasteiger partial charge is 0.416 e. The number of urea groups is 1. The van der Waals surface area contributed by atoms with Crippen LogP contribution in [0.25, 0.3) is 11.1 Å². The van der Waals surface area contributed by atoms with E-state index < -0.39 is 40.9 Å². The molecule has 5 nitrogen and oxygen atoms in total. The Labute approximate surface area is 156 Å². The summed E-state index contributed by atoms with van der Waals surface area (Å²) in [7, 11) is 0. The van der Waals surface area contributed by atoms with E-state index >= 15 is 0 Å². The van der Waals surface area contributed by atoms with Crippen LogP contribution in [0.2, 0.25) is 0 Å². The minimum absolute atomic E-state index is 0.00391. The number of rotatable bonds is 1. The summed E-state index contributed by atoms with van der Waals surface area (Å²) in [6.45, 7) is -0.396. The number of benzene rings is 2. The highest BCUT2D eigenvalue weighted by Gasteiger charge is 2.37. The molecule has 3 rings (SSSR count). The second-order valence-electron chi connectivity index (χ2n) is 6.20. The van der Waals surface area contributed by atoms with Gasteiger partial charge in [0.1, 0.15) is 11.6 Å². The number of carbonyl (C=O) groups is 1. The van der Waals surface area contributed by atoms with Gasteiger partial charge < -0.3 is 16.4 Å². The fraction of sp³-hybridized carbons (Fsp3) is 0.222. The second-order valence-corrected chi connectivity index (χ2v) is 6.20. The predicted molar refractivity (Wildman–Crippen MR) is 92.1 cm³/mol. The molecule has 1 heterocycles. The maximum Gasteiger partial charge on any atom is 0.416 e. The number of amides is 2. The second kappa shape index (κ2) is 7.10. The smallest absolute Gasteiger partial charge is 0.370 e. The van der Waals surface area contributed by atoms with Gasteiger partial charge in [-0.3, -0.25) is 0 Å². The molecule has 28 heavy (non-hydrogen) atoms. The summed E-state index contributed by atoms with van der Waals surface area (Å²) in [5.74, 6) is -2.34. The lowest BCUT2D eigenvalue weighted by Crippen LogP contribution is -2.37. The van der Waals surface area contributed by atoms with E-state index in [9.17, 15) is 26.7 Å². The van der Waals surface area contributed by atoms with Crippen LogP contribution in [-0.4, -0.2) is 23.4 Å². The molecular formula is C18H15F5N4O. The van der Waals surface area contributed by atoms with E-state index in [2.05, 4.69) is 4.99 Å². The van der Waals surface area contributed by atoms with Crippen LogP contribution in [0.3, 0.4) is 0 Å². The van der Waals surface area contributed by atoms with Crippen LogP contribution in [0.4, 0.5) is 26.7 Å². The summed E-state index contributed by atoms with van der Waals surface area (Å²) in [5, 5.41) is 0. The SMILES string of the molecule is NC(N)=NC(=O)N1CCc2c(C(F)(F)F)ccc(-c3c(F)cccc3F)c2C1. The van der Waals surface area contributed by atoms with Crippen molar-refractivity contribution in [3.05, 3.63) is 58.7 Å². The number of hydrogen-bond donors (Lipinski definition) is 2. The molecule has 2 aromatic carbocycles. The Kier molecular flexibility index (Phi) is 4.97. The van der Waals surface area contributed by atoms with Crippen molar-refractivity contribution >= 4 is 12.0 Å². The van der Waals surface area contributed by atoms with Crippen molar-refractivity contribution in [2.24, 2.45) is 16.5 Å². The number of carbonyl (C=O) groups excluding carboxylic acids is 1. The summed E-state index contributed by atoms with van der Waals surface area (Å²) in [6.07, 6.45) is -4.82. The number of nitrogens with zero attached hydrogens (tertiary/aromatic N) is 2. The molecule has 148 valence electrons.